The van der Waals surface area contributed by atoms with Crippen molar-refractivity contribution in [3.8, 4) is 0 Å². The molecule has 1 fully saturated rings. The average Bonchev–Trinajstić information content (AvgIpc) is 2.85. The zero-order valence-electron chi connectivity index (χ0n) is 9.48. The highest BCUT2D eigenvalue weighted by atomic mass is 32.2. The minimum absolute atomic E-state index is 0.216. The molecule has 0 saturated carbocycles. The van der Waals surface area contributed by atoms with Crippen molar-refractivity contribution in [2.45, 2.75) is 18.1 Å². The molecule has 0 aliphatic carbocycles. The van der Waals surface area contributed by atoms with Gasteiger partial charge < -0.3 is 10.4 Å². The van der Waals surface area contributed by atoms with E-state index in [1.54, 1.807) is 0 Å². The van der Waals surface area contributed by atoms with Crippen LogP contribution >= 0.6 is 11.8 Å². The van der Waals surface area contributed by atoms with Crippen LogP contribution in [-0.2, 0) is 4.79 Å². The van der Waals surface area contributed by atoms with Crippen molar-refractivity contribution in [2.24, 2.45) is 0 Å². The molecule has 1 heterocycles. The van der Waals surface area contributed by atoms with E-state index in [0.29, 0.717) is 0 Å². The zero-order chi connectivity index (χ0) is 13.1. The Morgan fingerprint density at radius 3 is 2.83 bits per heavy atom. The smallest absolute Gasteiger partial charge is 0.337 e. The first-order chi connectivity index (χ1) is 8.59. The first-order valence-electron chi connectivity index (χ1n) is 5.54. The Balaban J connectivity index is 2.22. The van der Waals surface area contributed by atoms with Gasteiger partial charge in [0.2, 0.25) is 5.91 Å². The molecular weight excluding hydrogens is 257 g/mol. The monoisotopic (exact) mass is 269 g/mol. The van der Waals surface area contributed by atoms with Gasteiger partial charge in [-0.1, -0.05) is 6.07 Å². The third kappa shape index (κ3) is 2.64. The summed E-state index contributed by atoms with van der Waals surface area (Å²) in [6, 6.07) is 3.70. The average molecular weight is 269 g/mol. The molecule has 1 aliphatic heterocycles. The van der Waals surface area contributed by atoms with Crippen molar-refractivity contribution < 1.29 is 19.1 Å². The van der Waals surface area contributed by atoms with Crippen molar-refractivity contribution >= 4 is 29.3 Å². The summed E-state index contributed by atoms with van der Waals surface area (Å²) in [5, 5.41) is 11.1. The molecule has 4 nitrogen and oxygen atoms in total. The van der Waals surface area contributed by atoms with Crippen molar-refractivity contribution in [3.63, 3.8) is 0 Å². The lowest BCUT2D eigenvalue weighted by Crippen LogP contribution is -2.24. The van der Waals surface area contributed by atoms with Crippen LogP contribution < -0.4 is 5.32 Å². The molecule has 18 heavy (non-hydrogen) atoms. The quantitative estimate of drug-likeness (QED) is 0.884. The summed E-state index contributed by atoms with van der Waals surface area (Å²) in [5.41, 5.74) is -0.478. The number of aromatic carboxylic acids is 1. The van der Waals surface area contributed by atoms with Crippen molar-refractivity contribution in [1.82, 2.24) is 0 Å². The molecule has 1 aromatic carbocycles. The van der Waals surface area contributed by atoms with Gasteiger partial charge >= 0.3 is 5.97 Å². The van der Waals surface area contributed by atoms with Gasteiger partial charge in [0, 0.05) is 0 Å². The molecule has 1 atom stereocenters. The van der Waals surface area contributed by atoms with Crippen LogP contribution in [-0.4, -0.2) is 28.0 Å². The van der Waals surface area contributed by atoms with E-state index < -0.39 is 11.8 Å². The molecule has 0 aromatic heterocycles. The van der Waals surface area contributed by atoms with E-state index in [-0.39, 0.29) is 22.4 Å². The Hall–Kier alpha value is -1.56. The number of carboxylic acids is 1. The van der Waals surface area contributed by atoms with Crippen molar-refractivity contribution in [1.29, 1.82) is 0 Å². The second-order valence-electron chi connectivity index (χ2n) is 3.96. The second kappa shape index (κ2) is 5.39. The lowest BCUT2D eigenvalue weighted by molar-refractivity contribution is -0.115. The summed E-state index contributed by atoms with van der Waals surface area (Å²) in [5.74, 6) is -1.42. The molecule has 96 valence electrons. The van der Waals surface area contributed by atoms with Gasteiger partial charge in [0.05, 0.1) is 16.5 Å². The molecular formula is C12H12FNO3S. The molecule has 1 saturated heterocycles. The fourth-order valence-electron chi connectivity index (χ4n) is 1.82. The van der Waals surface area contributed by atoms with E-state index in [1.165, 1.54) is 23.9 Å². The molecule has 0 spiro atoms. The van der Waals surface area contributed by atoms with E-state index in [0.717, 1.165) is 24.7 Å². The van der Waals surface area contributed by atoms with Gasteiger partial charge in [0.1, 0.15) is 5.82 Å². The molecule has 0 radical (unpaired) electrons. The Morgan fingerprint density at radius 2 is 2.22 bits per heavy atom. The van der Waals surface area contributed by atoms with Gasteiger partial charge in [0.15, 0.2) is 0 Å². The normalized spacial score (nSPS) is 18.6. The summed E-state index contributed by atoms with van der Waals surface area (Å²) in [4.78, 5) is 22.8. The number of benzene rings is 1. The third-order valence-electron chi connectivity index (χ3n) is 2.71. The van der Waals surface area contributed by atoms with E-state index in [2.05, 4.69) is 5.32 Å². The Labute approximate surface area is 108 Å². The van der Waals surface area contributed by atoms with Crippen LogP contribution in [0.1, 0.15) is 23.2 Å². The standard InChI is InChI=1S/C12H12FNO3S/c13-8-4-1-3-7(12(16)17)10(8)14-11(15)9-5-2-6-18-9/h1,3-4,9H,2,5-6H2,(H,14,15)(H,16,17). The zero-order valence-corrected chi connectivity index (χ0v) is 10.3. The highest BCUT2D eigenvalue weighted by Gasteiger charge is 2.25. The molecule has 2 rings (SSSR count). The van der Waals surface area contributed by atoms with Crippen molar-refractivity contribution in [3.05, 3.63) is 29.6 Å². The summed E-state index contributed by atoms with van der Waals surface area (Å²) in [7, 11) is 0. The largest absolute Gasteiger partial charge is 0.478 e. The van der Waals surface area contributed by atoms with Crippen LogP contribution in [0.5, 0.6) is 0 Å². The van der Waals surface area contributed by atoms with Gasteiger partial charge in [-0.05, 0) is 30.7 Å². The Morgan fingerprint density at radius 1 is 1.44 bits per heavy atom. The van der Waals surface area contributed by atoms with Crippen LogP contribution in [0.15, 0.2) is 18.2 Å². The topological polar surface area (TPSA) is 66.4 Å². The number of rotatable bonds is 3. The summed E-state index contributed by atoms with van der Waals surface area (Å²) >= 11 is 1.51. The molecule has 0 bridgehead atoms. The van der Waals surface area contributed by atoms with Gasteiger partial charge in [0.25, 0.3) is 0 Å². The Bertz CT molecular complexity index is 486. The number of carboxylic acid groups (broad SMARTS) is 1. The maximum atomic E-state index is 13.6. The third-order valence-corrected chi connectivity index (χ3v) is 4.09. The van der Waals surface area contributed by atoms with Gasteiger partial charge in [-0.2, -0.15) is 0 Å². The number of anilines is 1. The molecule has 1 unspecified atom stereocenters. The van der Waals surface area contributed by atoms with Gasteiger partial charge in [-0.25, -0.2) is 9.18 Å². The minimum Gasteiger partial charge on any atom is -0.478 e. The number of carbonyl (C=O) groups excluding carboxylic acids is 1. The highest BCUT2D eigenvalue weighted by Crippen LogP contribution is 2.28. The molecule has 1 aromatic rings. The second-order valence-corrected chi connectivity index (χ2v) is 5.27. The fraction of sp³-hybridized carbons (Fsp3) is 0.333. The van der Waals surface area contributed by atoms with E-state index in [1.807, 2.05) is 0 Å². The van der Waals surface area contributed by atoms with Crippen LogP contribution in [0.3, 0.4) is 0 Å². The first-order valence-corrected chi connectivity index (χ1v) is 6.58. The summed E-state index contributed by atoms with van der Waals surface area (Å²) < 4.78 is 13.6. The number of nitrogens with one attached hydrogen (secondary N) is 1. The first kappa shape index (κ1) is 12.9. The Kier molecular flexibility index (Phi) is 3.86. The summed E-state index contributed by atoms with van der Waals surface area (Å²) in [6.45, 7) is 0. The van der Waals surface area contributed by atoms with Crippen LogP contribution in [0, 0.1) is 5.82 Å². The fourth-order valence-corrected chi connectivity index (χ4v) is 2.98. The number of halogens is 1. The van der Waals surface area contributed by atoms with E-state index in [4.69, 9.17) is 5.11 Å². The number of hydrogen-bond donors (Lipinski definition) is 2. The highest BCUT2D eigenvalue weighted by molar-refractivity contribution is 8.00. The van der Waals surface area contributed by atoms with Crippen LogP contribution in [0.2, 0.25) is 0 Å². The summed E-state index contributed by atoms with van der Waals surface area (Å²) in [6.07, 6.45) is 1.69. The van der Waals surface area contributed by atoms with E-state index >= 15 is 0 Å². The number of hydrogen-bond acceptors (Lipinski definition) is 3. The lowest BCUT2D eigenvalue weighted by atomic mass is 10.1. The van der Waals surface area contributed by atoms with Gasteiger partial charge in [-0.15, -0.1) is 11.8 Å². The number of para-hydroxylation sites is 1. The SMILES string of the molecule is O=C(O)c1cccc(F)c1NC(=O)C1CCCS1. The van der Waals surface area contributed by atoms with Crippen molar-refractivity contribution in [2.75, 3.05) is 11.1 Å². The maximum absolute atomic E-state index is 13.6. The predicted octanol–water partition coefficient (Wildman–Crippen LogP) is 2.36. The number of thioether (sulfide) groups is 1. The van der Waals surface area contributed by atoms with Gasteiger partial charge in [-0.3, -0.25) is 4.79 Å². The minimum atomic E-state index is -1.26. The molecule has 6 heteroatoms. The molecule has 2 N–H and O–H groups in total. The molecule has 1 aliphatic rings. The predicted molar refractivity (Wildman–Crippen MR) is 67.5 cm³/mol. The van der Waals surface area contributed by atoms with Crippen LogP contribution in [0.4, 0.5) is 10.1 Å². The van der Waals surface area contributed by atoms with E-state index in [9.17, 15) is 14.0 Å². The maximum Gasteiger partial charge on any atom is 0.337 e. The molecule has 1 amide bonds. The number of carbonyl (C=O) groups is 2. The van der Waals surface area contributed by atoms with Crippen LogP contribution in [0.25, 0.3) is 0 Å². The lowest BCUT2D eigenvalue weighted by Gasteiger charge is -2.12. The number of amides is 1.